The van der Waals surface area contributed by atoms with Crippen LogP contribution in [0.1, 0.15) is 27.2 Å². The second-order valence-electron chi connectivity index (χ2n) is 5.78. The number of rotatable bonds is 1. The summed E-state index contributed by atoms with van der Waals surface area (Å²) in [6.45, 7) is 6.50. The van der Waals surface area contributed by atoms with Gasteiger partial charge in [-0.15, -0.1) is 0 Å². The number of hydrogen-bond acceptors (Lipinski definition) is 2. The van der Waals surface area contributed by atoms with Crippen molar-refractivity contribution in [2.45, 2.75) is 38.1 Å². The van der Waals surface area contributed by atoms with Crippen molar-refractivity contribution in [3.8, 4) is 0 Å². The number of esters is 1. The van der Waals surface area contributed by atoms with E-state index in [2.05, 4.69) is 36.7 Å². The zero-order valence-corrected chi connectivity index (χ0v) is 11.0. The lowest BCUT2D eigenvalue weighted by Gasteiger charge is -2.47. The summed E-state index contributed by atoms with van der Waals surface area (Å²) >= 11 is 3.72. The molecule has 0 aromatic rings. The molecule has 3 heteroatoms. The summed E-state index contributed by atoms with van der Waals surface area (Å²) in [5, 5.41) is 0. The lowest BCUT2D eigenvalue weighted by Crippen LogP contribution is -2.54. The smallest absolute Gasteiger partial charge is 0.309 e. The van der Waals surface area contributed by atoms with Crippen LogP contribution < -0.4 is 0 Å². The van der Waals surface area contributed by atoms with Gasteiger partial charge >= 0.3 is 5.97 Å². The zero-order valence-electron chi connectivity index (χ0n) is 9.37. The standard InChI is InChI=1S/C12H17BrO2/c1-5(2)8-7-4-12(7)6(3)9(10(12)13)15-11(8)14/h5-10H,4H2,1-3H3. The number of ether oxygens (including phenoxy) is 1. The first-order valence-electron chi connectivity index (χ1n) is 5.84. The van der Waals surface area contributed by atoms with Crippen LogP contribution >= 0.6 is 15.9 Å². The van der Waals surface area contributed by atoms with Crippen LogP contribution in [0.3, 0.4) is 0 Å². The van der Waals surface area contributed by atoms with Crippen molar-refractivity contribution in [2.24, 2.45) is 29.1 Å². The molecule has 2 aliphatic heterocycles. The largest absolute Gasteiger partial charge is 0.461 e. The Balaban J connectivity index is 1.96. The summed E-state index contributed by atoms with van der Waals surface area (Å²) in [6.07, 6.45) is 1.35. The van der Waals surface area contributed by atoms with Gasteiger partial charge in [0.2, 0.25) is 0 Å². The zero-order chi connectivity index (χ0) is 11.0. The molecule has 2 heterocycles. The highest BCUT2D eigenvalue weighted by atomic mass is 79.9. The van der Waals surface area contributed by atoms with Crippen molar-refractivity contribution < 1.29 is 9.53 Å². The molecular formula is C12H17BrO2. The Kier molecular flexibility index (Phi) is 1.88. The van der Waals surface area contributed by atoms with E-state index < -0.39 is 0 Å². The molecule has 2 nitrogen and oxygen atoms in total. The molecule has 4 aliphatic rings. The van der Waals surface area contributed by atoms with Crippen LogP contribution in [0.2, 0.25) is 0 Å². The number of carbonyl (C=O) groups is 1. The summed E-state index contributed by atoms with van der Waals surface area (Å²) in [4.78, 5) is 12.4. The number of fused-ring (bicyclic) bond motifs is 2. The lowest BCUT2D eigenvalue weighted by atomic mass is 9.66. The lowest BCUT2D eigenvalue weighted by molar-refractivity contribution is -0.162. The van der Waals surface area contributed by atoms with Crippen molar-refractivity contribution >= 4 is 21.9 Å². The Morgan fingerprint density at radius 3 is 2.73 bits per heavy atom. The van der Waals surface area contributed by atoms with Gasteiger partial charge < -0.3 is 4.74 Å². The minimum Gasteiger partial charge on any atom is -0.461 e. The van der Waals surface area contributed by atoms with E-state index in [0.717, 1.165) is 0 Å². The molecule has 4 rings (SSSR count). The van der Waals surface area contributed by atoms with E-state index in [4.69, 9.17) is 4.74 Å². The molecule has 0 amide bonds. The third-order valence-electron chi connectivity index (χ3n) is 4.92. The highest BCUT2D eigenvalue weighted by Crippen LogP contribution is 2.75. The monoisotopic (exact) mass is 272 g/mol. The molecule has 4 fully saturated rings. The molecule has 0 N–H and O–H groups in total. The quantitative estimate of drug-likeness (QED) is 0.542. The van der Waals surface area contributed by atoms with Crippen molar-refractivity contribution in [2.75, 3.05) is 0 Å². The fourth-order valence-corrected chi connectivity index (χ4v) is 5.41. The summed E-state index contributed by atoms with van der Waals surface area (Å²) in [5.41, 5.74) is 0.395. The fourth-order valence-electron chi connectivity index (χ4n) is 3.90. The Labute approximate surface area is 98.9 Å². The summed E-state index contributed by atoms with van der Waals surface area (Å²) < 4.78 is 5.59. The second kappa shape index (κ2) is 2.79. The minimum absolute atomic E-state index is 0.0492. The van der Waals surface area contributed by atoms with Crippen LogP contribution in [-0.4, -0.2) is 16.9 Å². The van der Waals surface area contributed by atoms with Gasteiger partial charge in [-0.2, -0.15) is 0 Å². The Morgan fingerprint density at radius 2 is 2.20 bits per heavy atom. The molecule has 6 unspecified atom stereocenters. The maximum absolute atomic E-state index is 12.0. The van der Waals surface area contributed by atoms with E-state index in [1.807, 2.05) is 0 Å². The van der Waals surface area contributed by atoms with Gasteiger partial charge in [-0.1, -0.05) is 36.7 Å². The average Bonchev–Trinajstić information content (AvgIpc) is 2.90. The molecule has 2 saturated carbocycles. The fraction of sp³-hybridized carbons (Fsp3) is 0.917. The van der Waals surface area contributed by atoms with Gasteiger partial charge in [-0.3, -0.25) is 4.79 Å². The van der Waals surface area contributed by atoms with Gasteiger partial charge in [0, 0.05) is 5.92 Å². The number of carbonyl (C=O) groups excluding carboxylic acids is 1. The average molecular weight is 273 g/mol. The topological polar surface area (TPSA) is 26.3 Å². The molecule has 1 spiro atoms. The van der Waals surface area contributed by atoms with Crippen molar-refractivity contribution in [1.82, 2.24) is 0 Å². The third kappa shape index (κ3) is 0.986. The van der Waals surface area contributed by atoms with Crippen LogP contribution in [0, 0.1) is 29.1 Å². The molecule has 6 atom stereocenters. The first kappa shape index (κ1) is 10.1. The molecule has 0 aromatic heterocycles. The Morgan fingerprint density at radius 1 is 1.53 bits per heavy atom. The van der Waals surface area contributed by atoms with Crippen molar-refractivity contribution in [1.29, 1.82) is 0 Å². The number of alkyl halides is 1. The molecule has 0 radical (unpaired) electrons. The predicted octanol–water partition coefficient (Wildman–Crippen LogP) is 2.60. The van der Waals surface area contributed by atoms with E-state index in [1.165, 1.54) is 6.42 Å². The van der Waals surface area contributed by atoms with E-state index >= 15 is 0 Å². The van der Waals surface area contributed by atoms with E-state index in [0.29, 0.717) is 28.0 Å². The van der Waals surface area contributed by atoms with Crippen LogP contribution in [0.5, 0.6) is 0 Å². The minimum atomic E-state index is 0.0492. The molecule has 2 bridgehead atoms. The molecule has 15 heavy (non-hydrogen) atoms. The highest BCUT2D eigenvalue weighted by Gasteiger charge is 2.77. The van der Waals surface area contributed by atoms with Gasteiger partial charge in [0.15, 0.2) is 0 Å². The van der Waals surface area contributed by atoms with E-state index in [9.17, 15) is 4.79 Å². The SMILES string of the molecule is CC(C)C1C(=O)OC2C(C)C3(CC13)C2Br. The van der Waals surface area contributed by atoms with Gasteiger partial charge in [-0.05, 0) is 23.7 Å². The van der Waals surface area contributed by atoms with Crippen LogP contribution in [0.4, 0.5) is 0 Å². The maximum Gasteiger partial charge on any atom is 0.309 e. The molecule has 2 saturated heterocycles. The number of halogens is 1. The van der Waals surface area contributed by atoms with Crippen molar-refractivity contribution in [3.05, 3.63) is 0 Å². The first-order chi connectivity index (χ1) is 7.00. The summed E-state index contributed by atoms with van der Waals surface area (Å²) in [7, 11) is 0. The molecular weight excluding hydrogens is 256 g/mol. The maximum atomic E-state index is 12.0. The van der Waals surface area contributed by atoms with Gasteiger partial charge in [0.05, 0.1) is 10.7 Å². The predicted molar refractivity (Wildman–Crippen MR) is 60.6 cm³/mol. The van der Waals surface area contributed by atoms with Crippen LogP contribution in [0.25, 0.3) is 0 Å². The van der Waals surface area contributed by atoms with Gasteiger partial charge in [-0.25, -0.2) is 0 Å². The number of hydrogen-bond donors (Lipinski definition) is 0. The molecule has 0 aromatic carbocycles. The van der Waals surface area contributed by atoms with Crippen molar-refractivity contribution in [3.63, 3.8) is 0 Å². The third-order valence-corrected chi connectivity index (χ3v) is 6.30. The highest BCUT2D eigenvalue weighted by molar-refractivity contribution is 9.09. The van der Waals surface area contributed by atoms with Crippen LogP contribution in [-0.2, 0) is 9.53 Å². The normalized spacial score (nSPS) is 56.6. The van der Waals surface area contributed by atoms with Gasteiger partial charge in [0.25, 0.3) is 0 Å². The second-order valence-corrected chi connectivity index (χ2v) is 6.77. The Bertz CT molecular complexity index is 316. The summed E-state index contributed by atoms with van der Waals surface area (Å²) in [5.74, 6) is 1.73. The summed E-state index contributed by atoms with van der Waals surface area (Å²) in [6, 6.07) is 0. The molecule has 2 aliphatic carbocycles. The van der Waals surface area contributed by atoms with Gasteiger partial charge in [0.1, 0.15) is 6.10 Å². The van der Waals surface area contributed by atoms with E-state index in [1.54, 1.807) is 0 Å². The van der Waals surface area contributed by atoms with E-state index in [-0.39, 0.29) is 18.0 Å². The molecule has 84 valence electrons. The Hall–Kier alpha value is -0.0500. The van der Waals surface area contributed by atoms with Crippen LogP contribution in [0.15, 0.2) is 0 Å². The first-order valence-corrected chi connectivity index (χ1v) is 6.76.